The Bertz CT molecular complexity index is 463. The fourth-order valence-electron chi connectivity index (χ4n) is 1.67. The molecular formula is C14H18F3NO3. The van der Waals surface area contributed by atoms with Gasteiger partial charge in [-0.2, -0.15) is 13.2 Å². The lowest BCUT2D eigenvalue weighted by molar-refractivity contribution is -0.138. The van der Waals surface area contributed by atoms with Crippen molar-refractivity contribution < 1.29 is 27.8 Å². The monoisotopic (exact) mass is 305 g/mol. The van der Waals surface area contributed by atoms with Gasteiger partial charge in [0, 0.05) is 13.1 Å². The molecule has 1 rings (SSSR count). The SMILES string of the molecule is CCC(CNCCC(=O)O)Oc1cccc(C(F)(F)F)c1. The van der Waals surface area contributed by atoms with Crippen LogP contribution in [0.5, 0.6) is 5.75 Å². The summed E-state index contributed by atoms with van der Waals surface area (Å²) in [6.45, 7) is 2.51. The lowest BCUT2D eigenvalue weighted by atomic mass is 10.2. The van der Waals surface area contributed by atoms with Gasteiger partial charge in [-0.1, -0.05) is 13.0 Å². The molecule has 4 nitrogen and oxygen atoms in total. The van der Waals surface area contributed by atoms with Gasteiger partial charge in [0.2, 0.25) is 0 Å². The molecule has 1 atom stereocenters. The zero-order valence-corrected chi connectivity index (χ0v) is 11.6. The number of hydrogen-bond donors (Lipinski definition) is 2. The van der Waals surface area contributed by atoms with Gasteiger partial charge in [0.15, 0.2) is 0 Å². The quantitative estimate of drug-likeness (QED) is 0.725. The van der Waals surface area contributed by atoms with Gasteiger partial charge in [0.05, 0.1) is 12.0 Å². The van der Waals surface area contributed by atoms with E-state index in [1.54, 1.807) is 0 Å². The normalized spacial score (nSPS) is 13.0. The smallest absolute Gasteiger partial charge is 0.416 e. The van der Waals surface area contributed by atoms with Gasteiger partial charge in [0.25, 0.3) is 0 Å². The van der Waals surface area contributed by atoms with Crippen LogP contribution in [-0.4, -0.2) is 30.3 Å². The van der Waals surface area contributed by atoms with Gasteiger partial charge < -0.3 is 15.2 Å². The highest BCUT2D eigenvalue weighted by molar-refractivity contribution is 5.66. The molecule has 21 heavy (non-hydrogen) atoms. The van der Waals surface area contributed by atoms with Crippen molar-refractivity contribution in [1.82, 2.24) is 5.32 Å². The minimum Gasteiger partial charge on any atom is -0.489 e. The van der Waals surface area contributed by atoms with E-state index < -0.39 is 17.7 Å². The molecule has 0 spiro atoms. The summed E-state index contributed by atoms with van der Waals surface area (Å²) < 4.78 is 43.3. The molecule has 0 saturated carbocycles. The Labute approximate surface area is 120 Å². The van der Waals surface area contributed by atoms with Crippen LogP contribution in [0.3, 0.4) is 0 Å². The first-order valence-corrected chi connectivity index (χ1v) is 6.59. The van der Waals surface area contributed by atoms with Crippen molar-refractivity contribution in [2.45, 2.75) is 32.0 Å². The first-order chi connectivity index (χ1) is 9.82. The van der Waals surface area contributed by atoms with Gasteiger partial charge in [-0.3, -0.25) is 4.79 Å². The van der Waals surface area contributed by atoms with Gasteiger partial charge in [-0.05, 0) is 24.6 Å². The number of ether oxygens (including phenoxy) is 1. The van der Waals surface area contributed by atoms with E-state index in [-0.39, 0.29) is 24.8 Å². The fourth-order valence-corrected chi connectivity index (χ4v) is 1.67. The Morgan fingerprint density at radius 1 is 1.43 bits per heavy atom. The molecule has 0 amide bonds. The Morgan fingerprint density at radius 2 is 2.14 bits per heavy atom. The maximum absolute atomic E-state index is 12.6. The summed E-state index contributed by atoms with van der Waals surface area (Å²) >= 11 is 0. The second kappa shape index (κ2) is 7.87. The predicted molar refractivity (Wildman–Crippen MR) is 71.3 cm³/mol. The number of nitrogens with one attached hydrogen (secondary N) is 1. The lowest BCUT2D eigenvalue weighted by Gasteiger charge is -2.19. The second-order valence-electron chi connectivity index (χ2n) is 4.52. The standard InChI is InChI=1S/C14H18F3NO3/c1-2-11(9-18-7-6-13(19)20)21-12-5-3-4-10(8-12)14(15,16)17/h3-5,8,11,18H,2,6-7,9H2,1H3,(H,19,20). The molecule has 1 aromatic carbocycles. The number of carboxylic acid groups (broad SMARTS) is 1. The summed E-state index contributed by atoms with van der Waals surface area (Å²) in [6.07, 6.45) is -4.14. The molecule has 1 unspecified atom stereocenters. The molecule has 2 N–H and O–H groups in total. The third-order valence-corrected chi connectivity index (χ3v) is 2.81. The summed E-state index contributed by atoms with van der Waals surface area (Å²) in [5, 5.41) is 11.4. The molecule has 0 heterocycles. The predicted octanol–water partition coefficient (Wildman–Crippen LogP) is 2.93. The topological polar surface area (TPSA) is 58.6 Å². The molecule has 0 saturated heterocycles. The van der Waals surface area contributed by atoms with Crippen molar-refractivity contribution >= 4 is 5.97 Å². The molecule has 0 fully saturated rings. The van der Waals surface area contributed by atoms with Crippen molar-refractivity contribution in [3.05, 3.63) is 29.8 Å². The summed E-state index contributed by atoms with van der Waals surface area (Å²) in [4.78, 5) is 10.4. The molecule has 7 heteroatoms. The number of carboxylic acids is 1. The van der Waals surface area contributed by atoms with Crippen LogP contribution in [0.25, 0.3) is 0 Å². The largest absolute Gasteiger partial charge is 0.489 e. The zero-order chi connectivity index (χ0) is 15.9. The van der Waals surface area contributed by atoms with Crippen LogP contribution in [0, 0.1) is 0 Å². The van der Waals surface area contributed by atoms with E-state index in [4.69, 9.17) is 9.84 Å². The number of rotatable bonds is 8. The van der Waals surface area contributed by atoms with E-state index in [0.29, 0.717) is 13.0 Å². The van der Waals surface area contributed by atoms with Gasteiger partial charge >= 0.3 is 12.1 Å². The van der Waals surface area contributed by atoms with Crippen molar-refractivity contribution in [1.29, 1.82) is 0 Å². The Balaban J connectivity index is 2.55. The summed E-state index contributed by atoms with van der Waals surface area (Å²) in [7, 11) is 0. The Morgan fingerprint density at radius 3 is 2.71 bits per heavy atom. The first kappa shape index (κ1) is 17.3. The highest BCUT2D eigenvalue weighted by Gasteiger charge is 2.30. The number of carbonyl (C=O) groups is 1. The number of alkyl halides is 3. The Kier molecular flexibility index (Phi) is 6.48. The van der Waals surface area contributed by atoms with Gasteiger partial charge in [0.1, 0.15) is 11.9 Å². The van der Waals surface area contributed by atoms with Crippen LogP contribution in [0.4, 0.5) is 13.2 Å². The summed E-state index contributed by atoms with van der Waals surface area (Å²) in [5.74, 6) is -0.758. The minimum atomic E-state index is -4.40. The molecular weight excluding hydrogens is 287 g/mol. The second-order valence-corrected chi connectivity index (χ2v) is 4.52. The maximum Gasteiger partial charge on any atom is 0.416 e. The molecule has 0 aliphatic heterocycles. The molecule has 0 radical (unpaired) electrons. The molecule has 118 valence electrons. The number of aliphatic carboxylic acids is 1. The van der Waals surface area contributed by atoms with Crippen molar-refractivity contribution in [3.8, 4) is 5.75 Å². The minimum absolute atomic E-state index is 0.0139. The summed E-state index contributed by atoms with van der Waals surface area (Å²) in [6, 6.07) is 4.71. The van der Waals surface area contributed by atoms with Crippen molar-refractivity contribution in [3.63, 3.8) is 0 Å². The molecule has 0 bridgehead atoms. The molecule has 0 aliphatic rings. The highest BCUT2D eigenvalue weighted by atomic mass is 19.4. The zero-order valence-electron chi connectivity index (χ0n) is 11.6. The average Bonchev–Trinajstić information content (AvgIpc) is 2.41. The third kappa shape index (κ3) is 6.48. The Hall–Kier alpha value is -1.76. The van der Waals surface area contributed by atoms with Crippen LogP contribution in [0.2, 0.25) is 0 Å². The van der Waals surface area contributed by atoms with Crippen LogP contribution in [0.15, 0.2) is 24.3 Å². The van der Waals surface area contributed by atoms with Crippen LogP contribution in [-0.2, 0) is 11.0 Å². The number of benzene rings is 1. The van der Waals surface area contributed by atoms with Gasteiger partial charge in [-0.25, -0.2) is 0 Å². The van der Waals surface area contributed by atoms with Crippen LogP contribution in [0.1, 0.15) is 25.3 Å². The van der Waals surface area contributed by atoms with E-state index in [9.17, 15) is 18.0 Å². The van der Waals surface area contributed by atoms with Crippen LogP contribution < -0.4 is 10.1 Å². The van der Waals surface area contributed by atoms with E-state index in [1.807, 2.05) is 6.92 Å². The van der Waals surface area contributed by atoms with Crippen molar-refractivity contribution in [2.24, 2.45) is 0 Å². The van der Waals surface area contributed by atoms with Crippen molar-refractivity contribution in [2.75, 3.05) is 13.1 Å². The molecule has 0 aliphatic carbocycles. The summed E-state index contributed by atoms with van der Waals surface area (Å²) in [5.41, 5.74) is -0.756. The number of halogens is 3. The maximum atomic E-state index is 12.6. The van der Waals surface area contributed by atoms with Gasteiger partial charge in [-0.15, -0.1) is 0 Å². The average molecular weight is 305 g/mol. The van der Waals surface area contributed by atoms with E-state index in [2.05, 4.69) is 5.32 Å². The van der Waals surface area contributed by atoms with E-state index in [1.165, 1.54) is 12.1 Å². The molecule has 0 aromatic heterocycles. The molecule has 1 aromatic rings. The highest BCUT2D eigenvalue weighted by Crippen LogP contribution is 2.31. The van der Waals surface area contributed by atoms with E-state index in [0.717, 1.165) is 12.1 Å². The fraction of sp³-hybridized carbons (Fsp3) is 0.500. The first-order valence-electron chi connectivity index (χ1n) is 6.59. The lowest BCUT2D eigenvalue weighted by Crippen LogP contribution is -2.32. The van der Waals surface area contributed by atoms with E-state index >= 15 is 0 Å². The third-order valence-electron chi connectivity index (χ3n) is 2.81. The van der Waals surface area contributed by atoms with Crippen LogP contribution >= 0.6 is 0 Å². The number of hydrogen-bond acceptors (Lipinski definition) is 3.